The zero-order chi connectivity index (χ0) is 18.2. The summed E-state index contributed by atoms with van der Waals surface area (Å²) in [5, 5.41) is 11.4. The first-order valence-corrected chi connectivity index (χ1v) is 9.38. The molecule has 1 saturated heterocycles. The Hall–Kier alpha value is -1.60. The Morgan fingerprint density at radius 3 is 2.64 bits per heavy atom. The standard InChI is InChI=1S/C18H35N7/c1-6-9-25-10-7-16(8-11-25)22-18(19-2)20-13-17(23(3)4)15-12-21-24(5)14-15/h12,14,16-17H,6-11,13H2,1-5H3,(H2,19,20,22). The third kappa shape index (κ3) is 6.01. The Morgan fingerprint density at radius 1 is 1.40 bits per heavy atom. The van der Waals surface area contributed by atoms with E-state index in [1.54, 1.807) is 0 Å². The van der Waals surface area contributed by atoms with Gasteiger partial charge >= 0.3 is 0 Å². The highest BCUT2D eigenvalue weighted by Crippen LogP contribution is 2.16. The molecule has 0 aliphatic carbocycles. The molecular weight excluding hydrogens is 314 g/mol. The minimum atomic E-state index is 0.263. The number of nitrogens with zero attached hydrogens (tertiary/aromatic N) is 5. The lowest BCUT2D eigenvalue weighted by Gasteiger charge is -2.33. The Kier molecular flexibility index (Phi) is 7.71. The van der Waals surface area contributed by atoms with Gasteiger partial charge in [0, 0.05) is 51.5 Å². The van der Waals surface area contributed by atoms with Crippen molar-refractivity contribution >= 4 is 5.96 Å². The monoisotopic (exact) mass is 349 g/mol. The van der Waals surface area contributed by atoms with Gasteiger partial charge in [-0.15, -0.1) is 0 Å². The summed E-state index contributed by atoms with van der Waals surface area (Å²) in [6.45, 7) is 6.62. The van der Waals surface area contributed by atoms with Crippen LogP contribution in [0, 0.1) is 0 Å². The van der Waals surface area contributed by atoms with Gasteiger partial charge in [0.15, 0.2) is 5.96 Å². The highest BCUT2D eigenvalue weighted by Gasteiger charge is 2.20. The largest absolute Gasteiger partial charge is 0.354 e. The lowest BCUT2D eigenvalue weighted by molar-refractivity contribution is 0.206. The van der Waals surface area contributed by atoms with Crippen LogP contribution in [0.3, 0.4) is 0 Å². The van der Waals surface area contributed by atoms with Crippen molar-refractivity contribution < 1.29 is 0 Å². The van der Waals surface area contributed by atoms with Gasteiger partial charge in [-0.2, -0.15) is 5.10 Å². The molecule has 2 rings (SSSR count). The van der Waals surface area contributed by atoms with Crippen LogP contribution in [-0.4, -0.2) is 78.9 Å². The number of aromatic nitrogens is 2. The molecule has 7 heteroatoms. The summed E-state index contributed by atoms with van der Waals surface area (Å²) in [4.78, 5) is 9.17. The number of likely N-dealkylation sites (N-methyl/N-ethyl adjacent to an activating group) is 1. The van der Waals surface area contributed by atoms with Crippen LogP contribution in [0.1, 0.15) is 37.8 Å². The maximum absolute atomic E-state index is 4.41. The summed E-state index contributed by atoms with van der Waals surface area (Å²) < 4.78 is 1.85. The quantitative estimate of drug-likeness (QED) is 0.569. The fraction of sp³-hybridized carbons (Fsp3) is 0.778. The summed E-state index contributed by atoms with van der Waals surface area (Å²) >= 11 is 0. The van der Waals surface area contributed by atoms with E-state index in [9.17, 15) is 0 Å². The summed E-state index contributed by atoms with van der Waals surface area (Å²) in [7, 11) is 7.99. The molecule has 1 aliphatic heterocycles. The normalized spacial score (nSPS) is 18.6. The maximum atomic E-state index is 4.41. The molecule has 142 valence electrons. The highest BCUT2D eigenvalue weighted by molar-refractivity contribution is 5.80. The van der Waals surface area contributed by atoms with E-state index < -0.39 is 0 Å². The van der Waals surface area contributed by atoms with Gasteiger partial charge in [-0.1, -0.05) is 6.92 Å². The van der Waals surface area contributed by atoms with Crippen LogP contribution < -0.4 is 10.6 Å². The molecule has 1 atom stereocenters. The lowest BCUT2D eigenvalue weighted by atomic mass is 10.1. The van der Waals surface area contributed by atoms with E-state index in [0.717, 1.165) is 12.5 Å². The van der Waals surface area contributed by atoms with Crippen LogP contribution in [0.4, 0.5) is 0 Å². The van der Waals surface area contributed by atoms with E-state index >= 15 is 0 Å². The van der Waals surface area contributed by atoms with Crippen molar-refractivity contribution in [1.29, 1.82) is 0 Å². The molecule has 25 heavy (non-hydrogen) atoms. The third-order valence-corrected chi connectivity index (χ3v) is 4.89. The average Bonchev–Trinajstić information content (AvgIpc) is 3.01. The van der Waals surface area contributed by atoms with E-state index in [1.807, 2.05) is 25.0 Å². The lowest BCUT2D eigenvalue weighted by Crippen LogP contribution is -2.49. The van der Waals surface area contributed by atoms with Crippen LogP contribution in [0.25, 0.3) is 0 Å². The molecule has 1 aromatic heterocycles. The number of aryl methyl sites for hydroxylation is 1. The van der Waals surface area contributed by atoms with Crippen LogP contribution in [-0.2, 0) is 7.05 Å². The number of nitrogens with one attached hydrogen (secondary N) is 2. The van der Waals surface area contributed by atoms with E-state index in [0.29, 0.717) is 6.04 Å². The van der Waals surface area contributed by atoms with Crippen LogP contribution in [0.15, 0.2) is 17.4 Å². The Morgan fingerprint density at radius 2 is 2.12 bits per heavy atom. The summed E-state index contributed by atoms with van der Waals surface area (Å²) in [5.41, 5.74) is 1.21. The summed E-state index contributed by atoms with van der Waals surface area (Å²) in [5.74, 6) is 0.893. The van der Waals surface area contributed by atoms with Crippen molar-refractivity contribution in [1.82, 2.24) is 30.2 Å². The van der Waals surface area contributed by atoms with Crippen molar-refractivity contribution in [2.45, 2.75) is 38.3 Å². The zero-order valence-electron chi connectivity index (χ0n) is 16.5. The van der Waals surface area contributed by atoms with Gasteiger partial charge in [-0.25, -0.2) is 0 Å². The van der Waals surface area contributed by atoms with Crippen molar-refractivity contribution in [3.63, 3.8) is 0 Å². The van der Waals surface area contributed by atoms with Crippen molar-refractivity contribution in [3.8, 4) is 0 Å². The van der Waals surface area contributed by atoms with Gasteiger partial charge in [0.25, 0.3) is 0 Å². The van der Waals surface area contributed by atoms with Gasteiger partial charge in [0.2, 0.25) is 0 Å². The first-order chi connectivity index (χ1) is 12.0. The SMILES string of the molecule is CCCN1CCC(NC(=NC)NCC(c2cnn(C)c2)N(C)C)CC1. The first kappa shape index (κ1) is 19.7. The highest BCUT2D eigenvalue weighted by atomic mass is 15.3. The van der Waals surface area contributed by atoms with E-state index in [-0.39, 0.29) is 6.04 Å². The Bertz CT molecular complexity index is 529. The molecule has 1 unspecified atom stereocenters. The number of hydrogen-bond donors (Lipinski definition) is 2. The smallest absolute Gasteiger partial charge is 0.191 e. The number of likely N-dealkylation sites (tertiary alicyclic amines) is 1. The maximum Gasteiger partial charge on any atom is 0.191 e. The van der Waals surface area contributed by atoms with Gasteiger partial charge in [-0.3, -0.25) is 9.67 Å². The molecule has 0 radical (unpaired) electrons. The summed E-state index contributed by atoms with van der Waals surface area (Å²) in [6, 6.07) is 0.772. The first-order valence-electron chi connectivity index (χ1n) is 9.38. The molecule has 0 aromatic carbocycles. The second-order valence-corrected chi connectivity index (χ2v) is 7.14. The molecule has 1 aliphatic rings. The van der Waals surface area contributed by atoms with Crippen LogP contribution in [0.2, 0.25) is 0 Å². The molecule has 0 bridgehead atoms. The van der Waals surface area contributed by atoms with E-state index in [1.165, 1.54) is 44.5 Å². The molecule has 1 fully saturated rings. The third-order valence-electron chi connectivity index (χ3n) is 4.89. The fourth-order valence-electron chi connectivity index (χ4n) is 3.41. The molecule has 1 aromatic rings. The number of aliphatic imine (C=N–C) groups is 1. The summed E-state index contributed by atoms with van der Waals surface area (Å²) in [6.07, 6.45) is 7.61. The second-order valence-electron chi connectivity index (χ2n) is 7.14. The number of guanidine groups is 1. The molecular formula is C18H35N7. The Labute approximate surface area is 152 Å². The molecule has 2 N–H and O–H groups in total. The fourth-order valence-corrected chi connectivity index (χ4v) is 3.41. The van der Waals surface area contributed by atoms with Gasteiger partial charge < -0.3 is 20.4 Å². The van der Waals surface area contributed by atoms with Crippen molar-refractivity contribution in [3.05, 3.63) is 18.0 Å². The minimum absolute atomic E-state index is 0.263. The molecule has 7 nitrogen and oxygen atoms in total. The number of piperidine rings is 1. The number of rotatable bonds is 7. The zero-order valence-corrected chi connectivity index (χ0v) is 16.5. The van der Waals surface area contributed by atoms with Gasteiger partial charge in [0.05, 0.1) is 12.2 Å². The van der Waals surface area contributed by atoms with Crippen molar-refractivity contribution in [2.75, 3.05) is 47.3 Å². The minimum Gasteiger partial charge on any atom is -0.354 e. The Balaban J connectivity index is 1.83. The van der Waals surface area contributed by atoms with E-state index in [2.05, 4.69) is 57.7 Å². The predicted octanol–water partition coefficient (Wildman–Crippen LogP) is 1.06. The van der Waals surface area contributed by atoms with Gasteiger partial charge in [-0.05, 0) is 39.9 Å². The van der Waals surface area contributed by atoms with E-state index in [4.69, 9.17) is 0 Å². The van der Waals surface area contributed by atoms with Crippen LogP contribution >= 0.6 is 0 Å². The number of hydrogen-bond acceptors (Lipinski definition) is 4. The topological polar surface area (TPSA) is 60.7 Å². The van der Waals surface area contributed by atoms with Crippen molar-refractivity contribution in [2.24, 2.45) is 12.0 Å². The molecule has 0 saturated carbocycles. The average molecular weight is 350 g/mol. The van der Waals surface area contributed by atoms with Crippen LogP contribution in [0.5, 0.6) is 0 Å². The molecule has 0 spiro atoms. The predicted molar refractivity (Wildman–Crippen MR) is 104 cm³/mol. The second kappa shape index (κ2) is 9.77. The molecule has 2 heterocycles. The molecule has 0 amide bonds. The van der Waals surface area contributed by atoms with Gasteiger partial charge in [0.1, 0.15) is 0 Å².